The number of fused-ring (bicyclic) bond motifs is 2. The standard InChI is InChI=1S/C30H32FNO4S.Na/c1-18-8-9-24(35-17-20-10-12-30(3,13-11-20)36-15-14-31)26-22(29(33)34)16-23(32-27(18)26)28-19(2)21-6-4-5-7-25(21)37-28;/h4-9,16,20H,10-15,17H2,1-3H3,(H,33,34);/q;+1/p-1. The zero-order valence-electron chi connectivity index (χ0n) is 22.4. The maximum atomic E-state index is 12.5. The first kappa shape index (κ1) is 29.0. The molecule has 1 aliphatic carbocycles. The van der Waals surface area contributed by atoms with Crippen LogP contribution in [0.5, 0.6) is 5.75 Å². The van der Waals surface area contributed by atoms with E-state index in [2.05, 4.69) is 12.1 Å². The van der Waals surface area contributed by atoms with Gasteiger partial charge in [-0.25, -0.2) is 9.37 Å². The predicted molar refractivity (Wildman–Crippen MR) is 144 cm³/mol. The molecular weight excluding hydrogens is 512 g/mol. The number of pyridine rings is 1. The van der Waals surface area contributed by atoms with Crippen LogP contribution in [0.2, 0.25) is 0 Å². The van der Waals surface area contributed by atoms with Crippen LogP contribution in [-0.2, 0) is 4.74 Å². The van der Waals surface area contributed by atoms with Crippen molar-refractivity contribution in [1.82, 2.24) is 4.98 Å². The van der Waals surface area contributed by atoms with Gasteiger partial charge in [0.25, 0.3) is 0 Å². The summed E-state index contributed by atoms with van der Waals surface area (Å²) in [7, 11) is 0. The van der Waals surface area contributed by atoms with Gasteiger partial charge in [0.05, 0.1) is 46.3 Å². The number of aryl methyl sites for hydroxylation is 2. The summed E-state index contributed by atoms with van der Waals surface area (Å²) in [4.78, 5) is 18.2. The van der Waals surface area contributed by atoms with Crippen LogP contribution in [0.25, 0.3) is 31.6 Å². The van der Waals surface area contributed by atoms with Crippen molar-refractivity contribution >= 4 is 38.3 Å². The Labute approximate surface area is 248 Å². The Morgan fingerprint density at radius 3 is 2.61 bits per heavy atom. The number of rotatable bonds is 8. The summed E-state index contributed by atoms with van der Waals surface area (Å²) in [5, 5.41) is 14.0. The molecule has 5 rings (SSSR count). The Kier molecular flexibility index (Phi) is 9.15. The topological polar surface area (TPSA) is 71.5 Å². The van der Waals surface area contributed by atoms with Crippen molar-refractivity contribution < 1.29 is 53.3 Å². The minimum absolute atomic E-state index is 0. The number of carbonyl (C=O) groups is 1. The van der Waals surface area contributed by atoms with Crippen molar-refractivity contribution in [2.45, 2.75) is 52.1 Å². The third-order valence-electron chi connectivity index (χ3n) is 7.59. The fourth-order valence-electron chi connectivity index (χ4n) is 5.35. The van der Waals surface area contributed by atoms with Crippen LogP contribution in [0.1, 0.15) is 54.1 Å². The molecular formula is C30H31FNNaO4S. The van der Waals surface area contributed by atoms with Crippen molar-refractivity contribution in [2.24, 2.45) is 5.92 Å². The normalized spacial score (nSPS) is 19.4. The van der Waals surface area contributed by atoms with E-state index in [1.165, 1.54) is 0 Å². The van der Waals surface area contributed by atoms with Crippen molar-refractivity contribution in [2.75, 3.05) is 19.9 Å². The summed E-state index contributed by atoms with van der Waals surface area (Å²) in [5.74, 6) is -0.423. The number of hydrogen-bond donors (Lipinski definition) is 0. The molecule has 0 radical (unpaired) electrons. The van der Waals surface area contributed by atoms with Crippen molar-refractivity contribution in [3.63, 3.8) is 0 Å². The number of thiophene rings is 1. The molecule has 0 saturated heterocycles. The quantitative estimate of drug-likeness (QED) is 0.319. The molecule has 4 aromatic rings. The average molecular weight is 544 g/mol. The van der Waals surface area contributed by atoms with Gasteiger partial charge in [-0.2, -0.15) is 0 Å². The van der Waals surface area contributed by atoms with Crippen molar-refractivity contribution in [3.8, 4) is 16.3 Å². The minimum atomic E-state index is -1.25. The first-order valence-electron chi connectivity index (χ1n) is 12.8. The van der Waals surface area contributed by atoms with E-state index in [1.807, 2.05) is 45.0 Å². The number of carbonyl (C=O) groups excluding carboxylic acids is 1. The molecule has 0 aliphatic heterocycles. The number of nitrogens with zero attached hydrogens (tertiary/aromatic N) is 1. The molecule has 8 heteroatoms. The van der Waals surface area contributed by atoms with Crippen LogP contribution in [0.15, 0.2) is 42.5 Å². The minimum Gasteiger partial charge on any atom is -0.545 e. The van der Waals surface area contributed by atoms with E-state index < -0.39 is 12.6 Å². The Morgan fingerprint density at radius 2 is 1.92 bits per heavy atom. The van der Waals surface area contributed by atoms with Crippen molar-refractivity contribution in [1.29, 1.82) is 0 Å². The molecule has 2 aromatic heterocycles. The first-order valence-corrected chi connectivity index (χ1v) is 13.6. The second-order valence-electron chi connectivity index (χ2n) is 10.2. The van der Waals surface area contributed by atoms with E-state index in [1.54, 1.807) is 17.4 Å². The molecule has 0 N–H and O–H groups in total. The number of benzene rings is 2. The molecule has 0 atom stereocenters. The number of ether oxygens (including phenoxy) is 2. The van der Waals surface area contributed by atoms with Crippen LogP contribution in [0.3, 0.4) is 0 Å². The molecule has 1 fully saturated rings. The van der Waals surface area contributed by atoms with E-state index in [0.717, 1.165) is 51.8 Å². The number of aromatic nitrogens is 1. The summed E-state index contributed by atoms with van der Waals surface area (Å²) in [6.07, 6.45) is 3.51. The van der Waals surface area contributed by atoms with Crippen LogP contribution in [0, 0.1) is 19.8 Å². The number of halogens is 1. The summed E-state index contributed by atoms with van der Waals surface area (Å²) in [5.41, 5.74) is 3.01. The number of carboxylic acid groups (broad SMARTS) is 1. The molecule has 1 saturated carbocycles. The SMILES string of the molecule is Cc1c(-c2cc(C(=O)[O-])c3c(OCC4CCC(C)(OCCF)CC4)ccc(C)c3n2)sc2ccccc12.[Na+]. The van der Waals surface area contributed by atoms with Gasteiger partial charge >= 0.3 is 29.6 Å². The summed E-state index contributed by atoms with van der Waals surface area (Å²) in [6.45, 7) is 6.15. The maximum absolute atomic E-state index is 12.5. The second kappa shape index (κ2) is 12.0. The predicted octanol–water partition coefficient (Wildman–Crippen LogP) is 3.41. The summed E-state index contributed by atoms with van der Waals surface area (Å²) in [6, 6.07) is 13.5. The zero-order valence-corrected chi connectivity index (χ0v) is 25.3. The van der Waals surface area contributed by atoms with Crippen LogP contribution in [-0.4, -0.2) is 36.4 Å². The molecule has 0 unspecified atom stereocenters. The Morgan fingerprint density at radius 1 is 1.18 bits per heavy atom. The zero-order chi connectivity index (χ0) is 26.2. The smallest absolute Gasteiger partial charge is 0.545 e. The second-order valence-corrected chi connectivity index (χ2v) is 11.3. The van der Waals surface area contributed by atoms with Gasteiger partial charge in [0.2, 0.25) is 0 Å². The molecule has 0 spiro atoms. The Balaban J connectivity index is 0.00000336. The van der Waals surface area contributed by atoms with Crippen LogP contribution in [0.4, 0.5) is 4.39 Å². The third-order valence-corrected chi connectivity index (χ3v) is 8.88. The third kappa shape index (κ3) is 5.77. The van der Waals surface area contributed by atoms with Gasteiger partial charge in [0.15, 0.2) is 0 Å². The fourth-order valence-corrected chi connectivity index (χ4v) is 6.52. The fraction of sp³-hybridized carbons (Fsp3) is 0.400. The van der Waals surface area contributed by atoms with Crippen LogP contribution < -0.4 is 39.4 Å². The van der Waals surface area contributed by atoms with Gasteiger partial charge in [0, 0.05) is 10.3 Å². The molecule has 2 aromatic carbocycles. The molecule has 194 valence electrons. The van der Waals surface area contributed by atoms with E-state index in [4.69, 9.17) is 14.5 Å². The van der Waals surface area contributed by atoms with Gasteiger partial charge in [-0.05, 0) is 87.1 Å². The van der Waals surface area contributed by atoms with E-state index in [-0.39, 0.29) is 47.3 Å². The Bertz CT molecular complexity index is 1460. The van der Waals surface area contributed by atoms with Gasteiger partial charge < -0.3 is 19.4 Å². The molecule has 1 aliphatic rings. The number of carboxylic acids is 1. The van der Waals surface area contributed by atoms with Crippen LogP contribution >= 0.6 is 11.3 Å². The van der Waals surface area contributed by atoms with Crippen molar-refractivity contribution in [3.05, 3.63) is 59.2 Å². The molecule has 38 heavy (non-hydrogen) atoms. The number of aromatic carboxylic acids is 1. The Hall–Kier alpha value is -2.03. The summed E-state index contributed by atoms with van der Waals surface area (Å²) >= 11 is 1.61. The molecule has 5 nitrogen and oxygen atoms in total. The van der Waals surface area contributed by atoms with E-state index >= 15 is 0 Å². The average Bonchev–Trinajstić information content (AvgIpc) is 3.24. The largest absolute Gasteiger partial charge is 1.00 e. The van der Waals surface area contributed by atoms with Gasteiger partial charge in [0.1, 0.15) is 12.4 Å². The van der Waals surface area contributed by atoms with Gasteiger partial charge in [-0.1, -0.05) is 24.3 Å². The number of alkyl halides is 1. The first-order chi connectivity index (χ1) is 17.8. The van der Waals surface area contributed by atoms with Gasteiger partial charge in [-0.3, -0.25) is 0 Å². The monoisotopic (exact) mass is 543 g/mol. The van der Waals surface area contributed by atoms with Gasteiger partial charge in [-0.15, -0.1) is 11.3 Å². The molecule has 0 amide bonds. The van der Waals surface area contributed by atoms with E-state index in [9.17, 15) is 14.3 Å². The maximum Gasteiger partial charge on any atom is 1.00 e. The summed E-state index contributed by atoms with van der Waals surface area (Å²) < 4.78 is 25.6. The molecule has 2 heterocycles. The number of hydrogen-bond acceptors (Lipinski definition) is 6. The molecule has 0 bridgehead atoms. The van der Waals surface area contributed by atoms with E-state index in [0.29, 0.717) is 34.9 Å².